The fourth-order valence-corrected chi connectivity index (χ4v) is 5.07. The second-order valence-electron chi connectivity index (χ2n) is 8.39. The summed E-state index contributed by atoms with van der Waals surface area (Å²) in [6.45, 7) is 4.80. The van der Waals surface area contributed by atoms with Gasteiger partial charge in [0.05, 0.1) is 19.6 Å². The highest BCUT2D eigenvalue weighted by Crippen LogP contribution is 2.31. The highest BCUT2D eigenvalue weighted by molar-refractivity contribution is 5.55. The third-order valence-electron chi connectivity index (χ3n) is 6.68. The lowest BCUT2D eigenvalue weighted by Crippen LogP contribution is -3.13. The van der Waals surface area contributed by atoms with Gasteiger partial charge in [0, 0.05) is 24.7 Å². The predicted molar refractivity (Wildman–Crippen MR) is 110 cm³/mol. The number of aryl methyl sites for hydroxylation is 1. The Hall–Kier alpha value is -1.80. The Kier molecular flexibility index (Phi) is 5.31. The van der Waals surface area contributed by atoms with Gasteiger partial charge in [0.2, 0.25) is 0 Å². The van der Waals surface area contributed by atoms with Crippen LogP contribution in [0, 0.1) is 6.92 Å². The number of hydrogen-bond acceptors (Lipinski definition) is 1. The monoisotopic (exact) mass is 349 g/mol. The Morgan fingerprint density at radius 1 is 0.962 bits per heavy atom. The largest absolute Gasteiger partial charge is 0.367 e. The van der Waals surface area contributed by atoms with Gasteiger partial charge in [-0.1, -0.05) is 42.5 Å². The number of likely N-dealkylation sites (tertiary alicyclic amines) is 1. The molecule has 0 saturated carbocycles. The zero-order chi connectivity index (χ0) is 17.9. The summed E-state index contributed by atoms with van der Waals surface area (Å²) >= 11 is 0. The van der Waals surface area contributed by atoms with Crippen LogP contribution in [0.15, 0.2) is 48.5 Å². The molecule has 0 radical (unpaired) electrons. The zero-order valence-corrected chi connectivity index (χ0v) is 16.4. The van der Waals surface area contributed by atoms with Gasteiger partial charge in [0.15, 0.2) is 0 Å². The number of fused-ring (bicyclic) bond motifs is 1. The molecular formula is C24H33N2+. The molecule has 1 aliphatic carbocycles. The molecule has 1 fully saturated rings. The minimum Gasteiger partial charge on any atom is -0.367 e. The third kappa shape index (κ3) is 3.66. The third-order valence-corrected chi connectivity index (χ3v) is 6.68. The van der Waals surface area contributed by atoms with E-state index >= 15 is 0 Å². The number of nitrogens with one attached hydrogen (secondary N) is 1. The Morgan fingerprint density at radius 3 is 2.35 bits per heavy atom. The van der Waals surface area contributed by atoms with Crippen LogP contribution in [0.2, 0.25) is 0 Å². The highest BCUT2D eigenvalue weighted by Gasteiger charge is 2.29. The van der Waals surface area contributed by atoms with Crippen molar-refractivity contribution >= 4 is 5.69 Å². The first kappa shape index (κ1) is 17.6. The van der Waals surface area contributed by atoms with Crippen molar-refractivity contribution in [3.63, 3.8) is 0 Å². The van der Waals surface area contributed by atoms with Crippen LogP contribution in [-0.4, -0.2) is 32.2 Å². The average molecular weight is 350 g/mol. The zero-order valence-electron chi connectivity index (χ0n) is 16.4. The Morgan fingerprint density at radius 2 is 1.65 bits per heavy atom. The smallest absolute Gasteiger partial charge is 0.0889 e. The molecule has 2 aliphatic rings. The molecule has 2 aromatic rings. The molecule has 0 amide bonds. The van der Waals surface area contributed by atoms with Crippen molar-refractivity contribution in [2.75, 3.05) is 25.0 Å². The lowest BCUT2D eigenvalue weighted by atomic mass is 9.99. The summed E-state index contributed by atoms with van der Waals surface area (Å²) in [7, 11) is 2.40. The quantitative estimate of drug-likeness (QED) is 0.869. The van der Waals surface area contributed by atoms with Crippen molar-refractivity contribution in [3.05, 3.63) is 65.2 Å². The van der Waals surface area contributed by atoms with E-state index in [-0.39, 0.29) is 0 Å². The lowest BCUT2D eigenvalue weighted by Gasteiger charge is -2.36. The summed E-state index contributed by atoms with van der Waals surface area (Å²) in [5.41, 5.74) is 5.96. The molecule has 1 unspecified atom stereocenters. The molecule has 0 aromatic heterocycles. The molecule has 1 saturated heterocycles. The van der Waals surface area contributed by atoms with Gasteiger partial charge < -0.3 is 9.80 Å². The molecule has 0 spiro atoms. The van der Waals surface area contributed by atoms with Crippen LogP contribution in [0.4, 0.5) is 5.69 Å². The lowest BCUT2D eigenvalue weighted by molar-refractivity contribution is -0.911. The Bertz CT molecular complexity index is 713. The summed E-state index contributed by atoms with van der Waals surface area (Å²) < 4.78 is 0. The number of anilines is 1. The number of rotatable bonds is 5. The van der Waals surface area contributed by atoms with E-state index in [1.807, 2.05) is 0 Å². The minimum absolute atomic E-state index is 0.609. The number of hydrogen-bond donors (Lipinski definition) is 1. The molecule has 1 N–H and O–H groups in total. The molecule has 4 rings (SSSR count). The second kappa shape index (κ2) is 7.84. The maximum atomic E-state index is 2.73. The van der Waals surface area contributed by atoms with E-state index < -0.39 is 0 Å². The normalized spacial score (nSPS) is 23.0. The standard InChI is InChI=1S/C24H32N2/c1-19-9-3-6-13-24(19)26(16-14-22-12-7-8-15-25(22)2)23-17-20-10-4-5-11-21(20)18-23/h3-6,9-11,13,22-23H,7-8,12,14-18H2,1-2H3/p+1/t22-/m1/s1. The second-order valence-corrected chi connectivity index (χ2v) is 8.39. The maximum Gasteiger partial charge on any atom is 0.0889 e. The van der Waals surface area contributed by atoms with Crippen molar-refractivity contribution in [2.45, 2.75) is 57.5 Å². The molecular weight excluding hydrogens is 316 g/mol. The fraction of sp³-hybridized carbons (Fsp3) is 0.500. The van der Waals surface area contributed by atoms with Crippen LogP contribution in [0.5, 0.6) is 0 Å². The van der Waals surface area contributed by atoms with Crippen LogP contribution >= 0.6 is 0 Å². The van der Waals surface area contributed by atoms with Gasteiger partial charge in [-0.3, -0.25) is 0 Å². The van der Waals surface area contributed by atoms with Crippen LogP contribution in [0.25, 0.3) is 0 Å². The summed E-state index contributed by atoms with van der Waals surface area (Å²) in [4.78, 5) is 4.48. The molecule has 2 aromatic carbocycles. The van der Waals surface area contributed by atoms with E-state index in [1.54, 1.807) is 16.0 Å². The Balaban J connectivity index is 1.54. The van der Waals surface area contributed by atoms with Crippen molar-refractivity contribution in [1.29, 1.82) is 0 Å². The van der Waals surface area contributed by atoms with E-state index in [0.29, 0.717) is 6.04 Å². The van der Waals surface area contributed by atoms with Gasteiger partial charge in [-0.15, -0.1) is 0 Å². The van der Waals surface area contributed by atoms with Gasteiger partial charge in [-0.25, -0.2) is 0 Å². The van der Waals surface area contributed by atoms with Crippen molar-refractivity contribution in [1.82, 2.24) is 0 Å². The maximum absolute atomic E-state index is 2.73. The molecule has 1 aliphatic heterocycles. The summed E-state index contributed by atoms with van der Waals surface area (Å²) in [5, 5.41) is 0. The van der Waals surface area contributed by atoms with E-state index in [1.165, 1.54) is 62.9 Å². The predicted octanol–water partition coefficient (Wildman–Crippen LogP) is 3.43. The molecule has 2 heteroatoms. The van der Waals surface area contributed by atoms with Crippen LogP contribution in [-0.2, 0) is 12.8 Å². The van der Waals surface area contributed by atoms with Gasteiger partial charge in [0.25, 0.3) is 0 Å². The molecule has 2 atom stereocenters. The highest BCUT2D eigenvalue weighted by atomic mass is 15.2. The van der Waals surface area contributed by atoms with Gasteiger partial charge in [0.1, 0.15) is 0 Å². The average Bonchev–Trinajstić information content (AvgIpc) is 3.08. The molecule has 1 heterocycles. The SMILES string of the molecule is Cc1ccccc1N(CC[C@H]1CCCC[NH+]1C)C1Cc2ccccc2C1. The van der Waals surface area contributed by atoms with Crippen molar-refractivity contribution < 1.29 is 4.90 Å². The van der Waals surface area contributed by atoms with Crippen LogP contribution in [0.1, 0.15) is 42.4 Å². The fourth-order valence-electron chi connectivity index (χ4n) is 5.07. The van der Waals surface area contributed by atoms with E-state index in [9.17, 15) is 0 Å². The molecule has 138 valence electrons. The number of quaternary nitrogens is 1. The molecule has 0 bridgehead atoms. The number of benzene rings is 2. The molecule has 26 heavy (non-hydrogen) atoms. The Labute approximate surface area is 158 Å². The van der Waals surface area contributed by atoms with E-state index in [4.69, 9.17) is 0 Å². The first-order valence-electron chi connectivity index (χ1n) is 10.4. The summed E-state index contributed by atoms with van der Waals surface area (Å²) in [5.74, 6) is 0. The first-order valence-corrected chi connectivity index (χ1v) is 10.4. The van der Waals surface area contributed by atoms with Gasteiger partial charge in [-0.05, 0) is 61.8 Å². The first-order chi connectivity index (χ1) is 12.7. The van der Waals surface area contributed by atoms with E-state index in [0.717, 1.165) is 6.04 Å². The van der Waals surface area contributed by atoms with Crippen LogP contribution < -0.4 is 9.80 Å². The molecule has 2 nitrogen and oxygen atoms in total. The van der Waals surface area contributed by atoms with E-state index in [2.05, 4.69) is 67.4 Å². The van der Waals surface area contributed by atoms with Crippen molar-refractivity contribution in [3.8, 4) is 0 Å². The summed E-state index contributed by atoms with van der Waals surface area (Å²) in [6.07, 6.45) is 7.92. The number of piperidine rings is 1. The topological polar surface area (TPSA) is 7.68 Å². The minimum atomic E-state index is 0.609. The summed E-state index contributed by atoms with van der Waals surface area (Å²) in [6, 6.07) is 19.4. The van der Waals surface area contributed by atoms with Crippen LogP contribution in [0.3, 0.4) is 0 Å². The van der Waals surface area contributed by atoms with Gasteiger partial charge in [-0.2, -0.15) is 0 Å². The number of para-hydroxylation sites is 1. The number of nitrogens with zero attached hydrogens (tertiary/aromatic N) is 1. The van der Waals surface area contributed by atoms with Crippen molar-refractivity contribution in [2.24, 2.45) is 0 Å². The van der Waals surface area contributed by atoms with Gasteiger partial charge >= 0.3 is 0 Å².